The summed E-state index contributed by atoms with van der Waals surface area (Å²) in [5.41, 5.74) is 1.18. The summed E-state index contributed by atoms with van der Waals surface area (Å²) < 4.78 is 0. The number of thioether (sulfide) groups is 1. The highest BCUT2D eigenvalue weighted by Gasteiger charge is 2.10. The first-order valence-corrected chi connectivity index (χ1v) is 7.96. The number of Topliss-reactive ketones (excluding diaryl/α,β-unsaturated/α-hetero) is 1. The number of ketones is 1. The van der Waals surface area contributed by atoms with Crippen molar-refractivity contribution in [2.75, 3.05) is 5.75 Å². The zero-order valence-electron chi connectivity index (χ0n) is 10.9. The molecule has 0 aliphatic rings. The van der Waals surface area contributed by atoms with Crippen LogP contribution in [0.2, 0.25) is 0 Å². The number of carbonyl (C=O) groups is 1. The van der Waals surface area contributed by atoms with Gasteiger partial charge in [0.25, 0.3) is 0 Å². The molecule has 0 radical (unpaired) electrons. The highest BCUT2D eigenvalue weighted by atomic mass is 32.2. The van der Waals surface area contributed by atoms with Crippen LogP contribution in [0.25, 0.3) is 20.7 Å². The molecule has 20 heavy (non-hydrogen) atoms. The summed E-state index contributed by atoms with van der Waals surface area (Å²) in [5, 5.41) is 1.91. The molecule has 0 fully saturated rings. The van der Waals surface area contributed by atoms with E-state index in [9.17, 15) is 4.79 Å². The Morgan fingerprint density at radius 2 is 2.05 bits per heavy atom. The molecule has 5 heteroatoms. The van der Waals surface area contributed by atoms with Crippen molar-refractivity contribution in [2.45, 2.75) is 11.9 Å². The standard InChI is InChI=1S/C15H12N2OS2/c1-10(18)8-19-14-12-7-13(11-5-3-2-4-6-11)20-15(12)17-9-16-14/h2-7,9H,8H2,1H3. The summed E-state index contributed by atoms with van der Waals surface area (Å²) in [4.78, 5) is 21.9. The maximum Gasteiger partial charge on any atom is 0.140 e. The topological polar surface area (TPSA) is 42.9 Å². The summed E-state index contributed by atoms with van der Waals surface area (Å²) in [7, 11) is 0. The Labute approximate surface area is 125 Å². The van der Waals surface area contributed by atoms with E-state index in [0.29, 0.717) is 5.75 Å². The number of carbonyl (C=O) groups excluding carboxylic acids is 1. The number of aromatic nitrogens is 2. The first kappa shape index (κ1) is 13.3. The lowest BCUT2D eigenvalue weighted by atomic mass is 10.2. The Kier molecular flexibility index (Phi) is 3.80. The van der Waals surface area contributed by atoms with Crippen LogP contribution in [0.1, 0.15) is 6.92 Å². The molecule has 2 aromatic heterocycles. The maximum atomic E-state index is 11.1. The fraction of sp³-hybridized carbons (Fsp3) is 0.133. The number of nitrogens with zero attached hydrogens (tertiary/aromatic N) is 2. The van der Waals surface area contributed by atoms with Crippen LogP contribution in [0.15, 0.2) is 47.8 Å². The number of hydrogen-bond donors (Lipinski definition) is 0. The van der Waals surface area contributed by atoms with Crippen LogP contribution in [-0.4, -0.2) is 21.5 Å². The molecule has 0 aliphatic heterocycles. The second-order valence-electron chi connectivity index (χ2n) is 4.37. The van der Waals surface area contributed by atoms with Gasteiger partial charge in [0.05, 0.1) is 5.75 Å². The van der Waals surface area contributed by atoms with Gasteiger partial charge < -0.3 is 0 Å². The molecule has 3 nitrogen and oxygen atoms in total. The summed E-state index contributed by atoms with van der Waals surface area (Å²) in [6.07, 6.45) is 1.57. The second-order valence-corrected chi connectivity index (χ2v) is 6.36. The smallest absolute Gasteiger partial charge is 0.140 e. The van der Waals surface area contributed by atoms with E-state index in [1.54, 1.807) is 24.6 Å². The monoisotopic (exact) mass is 300 g/mol. The van der Waals surface area contributed by atoms with E-state index in [-0.39, 0.29) is 5.78 Å². The lowest BCUT2D eigenvalue weighted by Gasteiger charge is -1.98. The van der Waals surface area contributed by atoms with Crippen molar-refractivity contribution in [3.63, 3.8) is 0 Å². The molecule has 0 bridgehead atoms. The first-order valence-electron chi connectivity index (χ1n) is 6.16. The van der Waals surface area contributed by atoms with Crippen molar-refractivity contribution >= 4 is 39.1 Å². The van der Waals surface area contributed by atoms with Gasteiger partial charge in [-0.3, -0.25) is 4.79 Å². The zero-order chi connectivity index (χ0) is 13.9. The number of benzene rings is 1. The SMILES string of the molecule is CC(=O)CSc1ncnc2sc(-c3ccccc3)cc12. The fourth-order valence-corrected chi connectivity index (χ4v) is 3.71. The van der Waals surface area contributed by atoms with Crippen LogP contribution < -0.4 is 0 Å². The third-order valence-corrected chi connectivity index (χ3v) is 5.01. The second kappa shape index (κ2) is 5.73. The van der Waals surface area contributed by atoms with E-state index >= 15 is 0 Å². The minimum Gasteiger partial charge on any atom is -0.299 e. The molecular formula is C15H12N2OS2. The van der Waals surface area contributed by atoms with Crippen molar-refractivity contribution in [3.8, 4) is 10.4 Å². The lowest BCUT2D eigenvalue weighted by molar-refractivity contribution is -0.114. The summed E-state index contributed by atoms with van der Waals surface area (Å²) in [6.45, 7) is 1.59. The predicted octanol–water partition coefficient (Wildman–Crippen LogP) is 4.04. The lowest BCUT2D eigenvalue weighted by Crippen LogP contribution is -1.94. The highest BCUT2D eigenvalue weighted by molar-refractivity contribution is 8.00. The predicted molar refractivity (Wildman–Crippen MR) is 84.3 cm³/mol. The molecule has 0 N–H and O–H groups in total. The zero-order valence-corrected chi connectivity index (χ0v) is 12.5. The molecular weight excluding hydrogens is 288 g/mol. The molecule has 0 saturated carbocycles. The van der Waals surface area contributed by atoms with Crippen LogP contribution >= 0.6 is 23.1 Å². The molecule has 0 amide bonds. The minimum absolute atomic E-state index is 0.153. The Morgan fingerprint density at radius 1 is 1.25 bits per heavy atom. The third kappa shape index (κ3) is 2.73. The van der Waals surface area contributed by atoms with Gasteiger partial charge in [-0.1, -0.05) is 42.1 Å². The molecule has 0 saturated heterocycles. The third-order valence-electron chi connectivity index (χ3n) is 2.76. The molecule has 0 unspecified atom stereocenters. The van der Waals surface area contributed by atoms with Crippen LogP contribution in [0.3, 0.4) is 0 Å². The van der Waals surface area contributed by atoms with Gasteiger partial charge in [0, 0.05) is 10.3 Å². The Hall–Kier alpha value is -1.72. The van der Waals surface area contributed by atoms with Gasteiger partial charge in [-0.15, -0.1) is 11.3 Å². The summed E-state index contributed by atoms with van der Waals surface area (Å²) >= 11 is 3.12. The van der Waals surface area contributed by atoms with Crippen molar-refractivity contribution in [2.24, 2.45) is 0 Å². The van der Waals surface area contributed by atoms with Gasteiger partial charge in [0.1, 0.15) is 22.0 Å². The van der Waals surface area contributed by atoms with E-state index in [1.807, 2.05) is 18.2 Å². The number of rotatable bonds is 4. The molecule has 100 valence electrons. The molecule has 1 aromatic carbocycles. The van der Waals surface area contributed by atoms with Gasteiger partial charge in [-0.2, -0.15) is 0 Å². The molecule has 0 atom stereocenters. The van der Waals surface area contributed by atoms with Crippen molar-refractivity contribution in [1.82, 2.24) is 9.97 Å². The van der Waals surface area contributed by atoms with E-state index in [0.717, 1.165) is 15.2 Å². The average Bonchev–Trinajstić information content (AvgIpc) is 2.90. The number of fused-ring (bicyclic) bond motifs is 1. The van der Waals surface area contributed by atoms with Crippen molar-refractivity contribution in [1.29, 1.82) is 0 Å². The summed E-state index contributed by atoms with van der Waals surface area (Å²) in [5.74, 6) is 0.600. The van der Waals surface area contributed by atoms with Gasteiger partial charge >= 0.3 is 0 Å². The minimum atomic E-state index is 0.153. The largest absolute Gasteiger partial charge is 0.299 e. The Balaban J connectivity index is 2.02. The Morgan fingerprint density at radius 3 is 2.80 bits per heavy atom. The van der Waals surface area contributed by atoms with Gasteiger partial charge in [-0.25, -0.2) is 9.97 Å². The van der Waals surface area contributed by atoms with E-state index in [4.69, 9.17) is 0 Å². The van der Waals surface area contributed by atoms with Crippen LogP contribution in [0, 0.1) is 0 Å². The average molecular weight is 300 g/mol. The van der Waals surface area contributed by atoms with Gasteiger partial charge in [-0.05, 0) is 18.6 Å². The number of hydrogen-bond acceptors (Lipinski definition) is 5. The normalized spacial score (nSPS) is 10.8. The highest BCUT2D eigenvalue weighted by Crippen LogP contribution is 2.35. The molecule has 3 rings (SSSR count). The van der Waals surface area contributed by atoms with E-state index in [1.165, 1.54) is 22.2 Å². The summed E-state index contributed by atoms with van der Waals surface area (Å²) in [6, 6.07) is 12.3. The van der Waals surface area contributed by atoms with Gasteiger partial charge in [0.15, 0.2) is 0 Å². The molecule has 2 heterocycles. The van der Waals surface area contributed by atoms with Crippen molar-refractivity contribution in [3.05, 3.63) is 42.7 Å². The fourth-order valence-electron chi connectivity index (χ4n) is 1.86. The molecule has 0 spiro atoms. The molecule has 0 aliphatic carbocycles. The molecule has 3 aromatic rings. The van der Waals surface area contributed by atoms with Crippen LogP contribution in [0.5, 0.6) is 0 Å². The van der Waals surface area contributed by atoms with E-state index in [2.05, 4.69) is 28.2 Å². The quantitative estimate of drug-likeness (QED) is 0.539. The first-order chi connectivity index (χ1) is 9.74. The maximum absolute atomic E-state index is 11.1. The Bertz CT molecular complexity index is 753. The van der Waals surface area contributed by atoms with Crippen molar-refractivity contribution < 1.29 is 4.79 Å². The van der Waals surface area contributed by atoms with Crippen LogP contribution in [0.4, 0.5) is 0 Å². The van der Waals surface area contributed by atoms with Crippen LogP contribution in [-0.2, 0) is 4.79 Å². The van der Waals surface area contributed by atoms with E-state index < -0.39 is 0 Å². The van der Waals surface area contributed by atoms with Gasteiger partial charge in [0.2, 0.25) is 0 Å². The number of thiophene rings is 1.